The second kappa shape index (κ2) is 5.17. The Morgan fingerprint density at radius 1 is 1.21 bits per heavy atom. The van der Waals surface area contributed by atoms with E-state index in [1.807, 2.05) is 0 Å². The Morgan fingerprint density at radius 3 is 2.58 bits per heavy atom. The molecule has 3 N–H and O–H groups in total. The number of hydrogen-bond donors (Lipinski definition) is 2. The number of hydrogen-bond acceptors (Lipinski definition) is 2. The second-order valence-electron chi connectivity index (χ2n) is 6.10. The van der Waals surface area contributed by atoms with E-state index in [0.717, 1.165) is 17.8 Å². The summed E-state index contributed by atoms with van der Waals surface area (Å²) < 4.78 is 0. The molecule has 102 valence electrons. The lowest BCUT2D eigenvalue weighted by atomic mass is 9.85. The third-order valence-electron chi connectivity index (χ3n) is 3.42. The Hall–Kier alpha value is -1.61. The van der Waals surface area contributed by atoms with Crippen molar-refractivity contribution < 1.29 is 0 Å². The number of nitrogens with zero attached hydrogens (tertiary/aromatic N) is 1. The fraction of sp³-hybridized carbons (Fsp3) is 0.438. The molecule has 1 heterocycles. The van der Waals surface area contributed by atoms with E-state index in [9.17, 15) is 0 Å². The van der Waals surface area contributed by atoms with Gasteiger partial charge in [-0.05, 0) is 42.1 Å². The highest BCUT2D eigenvalue weighted by atomic mass is 15.1. The van der Waals surface area contributed by atoms with Gasteiger partial charge in [0.15, 0.2) is 0 Å². The third-order valence-corrected chi connectivity index (χ3v) is 3.42. The zero-order chi connectivity index (χ0) is 14.0. The minimum absolute atomic E-state index is 0.152. The van der Waals surface area contributed by atoms with E-state index in [0.29, 0.717) is 6.54 Å². The number of rotatable bonds is 3. The molecule has 0 spiro atoms. The normalized spacial score (nSPS) is 11.8. The van der Waals surface area contributed by atoms with E-state index in [2.05, 4.69) is 62.2 Å². The minimum atomic E-state index is 0.152. The largest absolute Gasteiger partial charge is 0.330 e. The lowest BCUT2D eigenvalue weighted by Crippen LogP contribution is -2.11. The Bertz CT molecular complexity index is 562. The summed E-state index contributed by atoms with van der Waals surface area (Å²) >= 11 is 0. The lowest BCUT2D eigenvalue weighted by Gasteiger charge is -2.20. The molecule has 0 bridgehead atoms. The molecule has 0 aliphatic carbocycles. The van der Waals surface area contributed by atoms with Gasteiger partial charge in [0.25, 0.3) is 0 Å². The summed E-state index contributed by atoms with van der Waals surface area (Å²) in [5.74, 6) is 0. The number of nitrogens with two attached hydrogens (primary N) is 1. The quantitative estimate of drug-likeness (QED) is 0.887. The number of H-pyrrole nitrogens is 1. The summed E-state index contributed by atoms with van der Waals surface area (Å²) in [5, 5.41) is 7.47. The molecular formula is C16H23N3. The van der Waals surface area contributed by atoms with Crippen molar-refractivity contribution >= 4 is 0 Å². The van der Waals surface area contributed by atoms with Crippen LogP contribution in [0.1, 0.15) is 37.6 Å². The number of benzene rings is 1. The van der Waals surface area contributed by atoms with Crippen LogP contribution < -0.4 is 5.73 Å². The van der Waals surface area contributed by atoms with Crippen LogP contribution in [0.4, 0.5) is 0 Å². The molecule has 1 aromatic carbocycles. The molecule has 2 rings (SSSR count). The molecule has 0 aliphatic rings. The maximum atomic E-state index is 5.57. The molecule has 0 radical (unpaired) electrons. The highest BCUT2D eigenvalue weighted by molar-refractivity contribution is 5.65. The number of aryl methyl sites for hydroxylation is 1. The Balaban J connectivity index is 2.42. The maximum Gasteiger partial charge on any atom is 0.0926 e. The highest BCUT2D eigenvalue weighted by Crippen LogP contribution is 2.29. The van der Waals surface area contributed by atoms with Gasteiger partial charge in [0, 0.05) is 17.7 Å². The molecule has 0 aliphatic heterocycles. The van der Waals surface area contributed by atoms with Crippen molar-refractivity contribution in [1.29, 1.82) is 0 Å². The molecule has 0 amide bonds. The van der Waals surface area contributed by atoms with E-state index in [4.69, 9.17) is 5.73 Å². The molecule has 0 saturated heterocycles. The van der Waals surface area contributed by atoms with Crippen molar-refractivity contribution in [1.82, 2.24) is 10.2 Å². The first-order valence-corrected chi connectivity index (χ1v) is 6.77. The van der Waals surface area contributed by atoms with Crippen LogP contribution in [-0.4, -0.2) is 16.7 Å². The SMILES string of the molecule is Cc1ccc(C(C)(C)C)cc1-c1cc(CCN)[nH]n1. The van der Waals surface area contributed by atoms with Crippen LogP contribution in [0.3, 0.4) is 0 Å². The molecule has 0 unspecified atom stereocenters. The van der Waals surface area contributed by atoms with E-state index >= 15 is 0 Å². The van der Waals surface area contributed by atoms with Gasteiger partial charge in [-0.25, -0.2) is 0 Å². The molecule has 19 heavy (non-hydrogen) atoms. The van der Waals surface area contributed by atoms with Crippen molar-refractivity contribution in [3.05, 3.63) is 41.1 Å². The molecule has 2 aromatic rings. The predicted octanol–water partition coefficient (Wildman–Crippen LogP) is 3.18. The highest BCUT2D eigenvalue weighted by Gasteiger charge is 2.16. The summed E-state index contributed by atoms with van der Waals surface area (Å²) in [4.78, 5) is 0. The zero-order valence-electron chi connectivity index (χ0n) is 12.2. The molecule has 0 saturated carbocycles. The van der Waals surface area contributed by atoms with Crippen molar-refractivity contribution in [2.75, 3.05) is 6.54 Å². The average Bonchev–Trinajstić information content (AvgIpc) is 2.77. The Labute approximate surface area is 115 Å². The van der Waals surface area contributed by atoms with E-state index < -0.39 is 0 Å². The molecule has 3 nitrogen and oxygen atoms in total. The van der Waals surface area contributed by atoms with E-state index in [1.165, 1.54) is 16.7 Å². The lowest BCUT2D eigenvalue weighted by molar-refractivity contribution is 0.590. The molecule has 3 heteroatoms. The first-order valence-electron chi connectivity index (χ1n) is 6.77. The van der Waals surface area contributed by atoms with Crippen LogP contribution in [0, 0.1) is 6.92 Å². The summed E-state index contributed by atoms with van der Waals surface area (Å²) in [6.07, 6.45) is 0.838. The van der Waals surface area contributed by atoms with Crippen molar-refractivity contribution in [2.24, 2.45) is 5.73 Å². The Morgan fingerprint density at radius 2 is 1.95 bits per heavy atom. The van der Waals surface area contributed by atoms with Crippen LogP contribution >= 0.6 is 0 Å². The number of aromatic amines is 1. The van der Waals surface area contributed by atoms with Gasteiger partial charge in [-0.2, -0.15) is 5.10 Å². The zero-order valence-corrected chi connectivity index (χ0v) is 12.2. The van der Waals surface area contributed by atoms with Gasteiger partial charge in [-0.1, -0.05) is 32.9 Å². The molecular weight excluding hydrogens is 234 g/mol. The van der Waals surface area contributed by atoms with Crippen LogP contribution in [0.5, 0.6) is 0 Å². The fourth-order valence-electron chi connectivity index (χ4n) is 2.15. The van der Waals surface area contributed by atoms with E-state index in [1.54, 1.807) is 0 Å². The monoisotopic (exact) mass is 257 g/mol. The van der Waals surface area contributed by atoms with Gasteiger partial charge < -0.3 is 5.73 Å². The van der Waals surface area contributed by atoms with Crippen molar-refractivity contribution in [3.8, 4) is 11.3 Å². The van der Waals surface area contributed by atoms with Crippen LogP contribution in [0.25, 0.3) is 11.3 Å². The van der Waals surface area contributed by atoms with Gasteiger partial charge >= 0.3 is 0 Å². The predicted molar refractivity (Wildman–Crippen MR) is 80.2 cm³/mol. The average molecular weight is 257 g/mol. The second-order valence-corrected chi connectivity index (χ2v) is 6.10. The van der Waals surface area contributed by atoms with Crippen LogP contribution in [0.15, 0.2) is 24.3 Å². The van der Waals surface area contributed by atoms with Gasteiger partial charge in [-0.3, -0.25) is 5.10 Å². The van der Waals surface area contributed by atoms with E-state index in [-0.39, 0.29) is 5.41 Å². The molecule has 0 fully saturated rings. The number of aromatic nitrogens is 2. The fourth-order valence-corrected chi connectivity index (χ4v) is 2.15. The topological polar surface area (TPSA) is 54.7 Å². The minimum Gasteiger partial charge on any atom is -0.330 e. The summed E-state index contributed by atoms with van der Waals surface area (Å²) in [7, 11) is 0. The third kappa shape index (κ3) is 3.04. The summed E-state index contributed by atoms with van der Waals surface area (Å²) in [5.41, 5.74) is 11.6. The smallest absolute Gasteiger partial charge is 0.0926 e. The first-order chi connectivity index (χ1) is 8.91. The van der Waals surface area contributed by atoms with Gasteiger partial charge in [0.1, 0.15) is 0 Å². The summed E-state index contributed by atoms with van der Waals surface area (Å²) in [6.45, 7) is 9.45. The standard InChI is InChI=1S/C16H23N3/c1-11-5-6-12(16(2,3)4)9-14(11)15-10-13(7-8-17)18-19-15/h5-6,9-10H,7-8,17H2,1-4H3,(H,18,19). The van der Waals surface area contributed by atoms with Crippen molar-refractivity contribution in [2.45, 2.75) is 39.5 Å². The van der Waals surface area contributed by atoms with Gasteiger partial charge in [-0.15, -0.1) is 0 Å². The van der Waals surface area contributed by atoms with Gasteiger partial charge in [0.05, 0.1) is 5.69 Å². The van der Waals surface area contributed by atoms with Gasteiger partial charge in [0.2, 0.25) is 0 Å². The Kier molecular flexibility index (Phi) is 3.76. The van der Waals surface area contributed by atoms with Crippen LogP contribution in [-0.2, 0) is 11.8 Å². The first kappa shape index (κ1) is 13.8. The van der Waals surface area contributed by atoms with Crippen LogP contribution in [0.2, 0.25) is 0 Å². The maximum absolute atomic E-state index is 5.57. The number of nitrogens with one attached hydrogen (secondary N) is 1. The molecule has 1 aromatic heterocycles. The van der Waals surface area contributed by atoms with Crippen molar-refractivity contribution in [3.63, 3.8) is 0 Å². The summed E-state index contributed by atoms with van der Waals surface area (Å²) in [6, 6.07) is 8.72. The molecule has 0 atom stereocenters.